The Morgan fingerprint density at radius 1 is 0.875 bits per heavy atom. The van der Waals surface area contributed by atoms with E-state index in [0.717, 1.165) is 6.42 Å². The molecule has 2 nitrogen and oxygen atoms in total. The van der Waals surface area contributed by atoms with Crippen molar-refractivity contribution >= 4 is 5.65 Å². The van der Waals surface area contributed by atoms with E-state index in [1.165, 1.54) is 50.5 Å². The van der Waals surface area contributed by atoms with E-state index in [1.807, 2.05) is 0 Å². The van der Waals surface area contributed by atoms with Gasteiger partial charge in [0.1, 0.15) is 16.9 Å². The number of rotatable bonds is 0. The van der Waals surface area contributed by atoms with Crippen molar-refractivity contribution in [3.8, 4) is 0 Å². The molecule has 1 aliphatic rings. The first-order valence-electron chi connectivity index (χ1n) is 8.88. The van der Waals surface area contributed by atoms with Crippen molar-refractivity contribution in [1.82, 2.24) is 4.40 Å². The van der Waals surface area contributed by atoms with Gasteiger partial charge in [-0.3, -0.25) is 0 Å². The standard InChI is InChI=1S/C22H27N2/c1-13-14(2)16(4)23-17(5)20-12-18-10-8-9-11-19(18)22(6,7)24(20)21(23)15(13)3/h8-11H,12H2,1-7H3/q+1. The highest BCUT2D eigenvalue weighted by Crippen LogP contribution is 2.35. The van der Waals surface area contributed by atoms with Gasteiger partial charge in [-0.25, -0.2) is 4.57 Å². The van der Waals surface area contributed by atoms with Crippen LogP contribution in [0.5, 0.6) is 0 Å². The molecule has 0 N–H and O–H groups in total. The summed E-state index contributed by atoms with van der Waals surface area (Å²) in [4.78, 5) is 0. The van der Waals surface area contributed by atoms with Crippen molar-refractivity contribution in [2.75, 3.05) is 0 Å². The molecule has 0 radical (unpaired) electrons. The fourth-order valence-corrected chi connectivity index (χ4v) is 4.69. The summed E-state index contributed by atoms with van der Waals surface area (Å²) >= 11 is 0. The van der Waals surface area contributed by atoms with Crippen LogP contribution in [0.3, 0.4) is 0 Å². The van der Waals surface area contributed by atoms with E-state index in [0.29, 0.717) is 0 Å². The summed E-state index contributed by atoms with van der Waals surface area (Å²) < 4.78 is 5.08. The molecule has 0 saturated carbocycles. The van der Waals surface area contributed by atoms with Crippen LogP contribution in [0.25, 0.3) is 5.65 Å². The lowest BCUT2D eigenvalue weighted by Gasteiger charge is -2.31. The Balaban J connectivity index is 2.22. The zero-order chi connectivity index (χ0) is 17.4. The number of aromatic nitrogens is 2. The predicted octanol–water partition coefficient (Wildman–Crippen LogP) is 4.46. The second-order valence-corrected chi connectivity index (χ2v) is 7.88. The minimum atomic E-state index is -0.0391. The van der Waals surface area contributed by atoms with Crippen molar-refractivity contribution < 1.29 is 4.57 Å². The highest BCUT2D eigenvalue weighted by molar-refractivity contribution is 5.55. The molecule has 0 fully saturated rings. The van der Waals surface area contributed by atoms with Crippen LogP contribution in [0.4, 0.5) is 0 Å². The van der Waals surface area contributed by atoms with Gasteiger partial charge in [0.05, 0.1) is 0 Å². The molecule has 4 rings (SSSR count). The maximum atomic E-state index is 2.60. The van der Waals surface area contributed by atoms with E-state index in [2.05, 4.69) is 81.7 Å². The van der Waals surface area contributed by atoms with Crippen LogP contribution < -0.4 is 4.57 Å². The minimum Gasteiger partial charge on any atom is -0.217 e. The zero-order valence-electron chi connectivity index (χ0n) is 15.9. The van der Waals surface area contributed by atoms with E-state index in [1.54, 1.807) is 0 Å². The molecule has 124 valence electrons. The number of benzene rings is 1. The number of fused-ring (bicyclic) bond motifs is 4. The molecule has 1 aliphatic heterocycles. The molecule has 3 heterocycles. The number of imidazole rings is 1. The molecule has 1 aromatic carbocycles. The molecule has 0 unspecified atom stereocenters. The van der Waals surface area contributed by atoms with Gasteiger partial charge in [0.15, 0.2) is 5.69 Å². The van der Waals surface area contributed by atoms with E-state index >= 15 is 0 Å². The fourth-order valence-electron chi connectivity index (χ4n) is 4.69. The van der Waals surface area contributed by atoms with Crippen LogP contribution in [-0.4, -0.2) is 4.40 Å². The van der Waals surface area contributed by atoms with Crippen LogP contribution in [0, 0.1) is 34.6 Å². The fraction of sp³-hybridized carbons (Fsp3) is 0.409. The quantitative estimate of drug-likeness (QED) is 0.541. The molecule has 3 aromatic rings. The second kappa shape index (κ2) is 4.72. The van der Waals surface area contributed by atoms with Crippen LogP contribution in [0.1, 0.15) is 58.7 Å². The van der Waals surface area contributed by atoms with Crippen molar-refractivity contribution in [2.45, 2.75) is 60.4 Å². The average molecular weight is 319 g/mol. The minimum absolute atomic E-state index is 0.0391. The Morgan fingerprint density at radius 2 is 1.54 bits per heavy atom. The van der Waals surface area contributed by atoms with Gasteiger partial charge >= 0.3 is 0 Å². The summed E-state index contributed by atoms with van der Waals surface area (Å²) in [5.74, 6) is 0. The topological polar surface area (TPSA) is 8.29 Å². The molecule has 24 heavy (non-hydrogen) atoms. The van der Waals surface area contributed by atoms with Gasteiger partial charge in [-0.1, -0.05) is 24.3 Å². The highest BCUT2D eigenvalue weighted by atomic mass is 15.2. The van der Waals surface area contributed by atoms with Crippen molar-refractivity contribution in [1.29, 1.82) is 0 Å². The van der Waals surface area contributed by atoms with Gasteiger partial charge < -0.3 is 0 Å². The normalized spacial score (nSPS) is 15.5. The molecule has 0 amide bonds. The Bertz CT molecular complexity index is 1000. The van der Waals surface area contributed by atoms with Crippen LogP contribution >= 0.6 is 0 Å². The SMILES string of the molecule is Cc1c(C)c(C)n2c(C)c3[n+](c2c1C)C(C)(C)c1ccccc1C3. The molecule has 0 saturated heterocycles. The van der Waals surface area contributed by atoms with Crippen molar-refractivity contribution in [3.63, 3.8) is 0 Å². The second-order valence-electron chi connectivity index (χ2n) is 7.88. The summed E-state index contributed by atoms with van der Waals surface area (Å²) in [6.07, 6.45) is 1.02. The summed E-state index contributed by atoms with van der Waals surface area (Å²) in [6, 6.07) is 8.93. The van der Waals surface area contributed by atoms with E-state index < -0.39 is 0 Å². The number of nitrogens with zero attached hydrogens (tertiary/aromatic N) is 2. The van der Waals surface area contributed by atoms with Crippen LogP contribution in [0.15, 0.2) is 24.3 Å². The Kier molecular flexibility index (Phi) is 3.04. The Morgan fingerprint density at radius 3 is 2.25 bits per heavy atom. The van der Waals surface area contributed by atoms with E-state index in [4.69, 9.17) is 0 Å². The van der Waals surface area contributed by atoms with Gasteiger partial charge in [0, 0.05) is 24.5 Å². The third-order valence-corrected chi connectivity index (χ3v) is 6.38. The summed E-state index contributed by atoms with van der Waals surface area (Å²) in [6.45, 7) is 16.0. The lowest BCUT2D eigenvalue weighted by atomic mass is 9.84. The maximum absolute atomic E-state index is 2.60. The van der Waals surface area contributed by atoms with Gasteiger partial charge in [-0.2, -0.15) is 4.40 Å². The maximum Gasteiger partial charge on any atom is 0.290 e. The molecule has 0 atom stereocenters. The number of pyridine rings is 1. The first kappa shape index (κ1) is 15.4. The van der Waals surface area contributed by atoms with Crippen LogP contribution in [0.2, 0.25) is 0 Å². The van der Waals surface area contributed by atoms with Gasteiger partial charge in [-0.05, 0) is 58.2 Å². The Labute approximate surface area is 144 Å². The van der Waals surface area contributed by atoms with Gasteiger partial charge in [-0.15, -0.1) is 0 Å². The molecule has 0 bridgehead atoms. The van der Waals surface area contributed by atoms with Crippen molar-refractivity contribution in [3.05, 3.63) is 69.2 Å². The molecule has 2 aromatic heterocycles. The number of aryl methyl sites for hydroxylation is 3. The molecular weight excluding hydrogens is 292 g/mol. The largest absolute Gasteiger partial charge is 0.290 e. The Hall–Kier alpha value is -2.09. The third-order valence-electron chi connectivity index (χ3n) is 6.38. The highest BCUT2D eigenvalue weighted by Gasteiger charge is 2.42. The first-order valence-corrected chi connectivity index (χ1v) is 8.88. The lowest BCUT2D eigenvalue weighted by molar-refractivity contribution is -0.732. The summed E-state index contributed by atoms with van der Waals surface area (Å²) in [5.41, 5.74) is 12.7. The smallest absolute Gasteiger partial charge is 0.217 e. The monoisotopic (exact) mass is 319 g/mol. The first-order chi connectivity index (χ1) is 11.3. The van der Waals surface area contributed by atoms with E-state index in [9.17, 15) is 0 Å². The van der Waals surface area contributed by atoms with Gasteiger partial charge in [0.25, 0.3) is 5.65 Å². The molecule has 0 spiro atoms. The number of hydrogen-bond donors (Lipinski definition) is 0. The van der Waals surface area contributed by atoms with Gasteiger partial charge in [0.2, 0.25) is 0 Å². The zero-order valence-corrected chi connectivity index (χ0v) is 15.9. The molecular formula is C22H27N2+. The predicted molar refractivity (Wildman–Crippen MR) is 98.9 cm³/mol. The number of hydrogen-bond acceptors (Lipinski definition) is 0. The third kappa shape index (κ3) is 1.69. The van der Waals surface area contributed by atoms with Crippen LogP contribution in [-0.2, 0) is 12.0 Å². The van der Waals surface area contributed by atoms with E-state index in [-0.39, 0.29) is 5.54 Å². The molecule has 0 aliphatic carbocycles. The lowest BCUT2D eigenvalue weighted by Crippen LogP contribution is -2.58. The average Bonchev–Trinajstić information content (AvgIpc) is 2.85. The summed E-state index contributed by atoms with van der Waals surface area (Å²) in [5, 5.41) is 0. The summed E-state index contributed by atoms with van der Waals surface area (Å²) in [7, 11) is 0. The van der Waals surface area contributed by atoms with Crippen molar-refractivity contribution in [2.24, 2.45) is 0 Å². The molecule has 2 heteroatoms.